The second kappa shape index (κ2) is 8.72. The molecule has 29 heavy (non-hydrogen) atoms. The molecule has 1 aromatic heterocycles. The first-order chi connectivity index (χ1) is 14.1. The number of halogens is 2. The molecule has 0 fully saturated rings. The lowest BCUT2D eigenvalue weighted by Gasteiger charge is -2.07. The molecule has 0 saturated carbocycles. The molecule has 1 amide bonds. The first-order valence-corrected chi connectivity index (χ1v) is 10.5. The number of thioether (sulfide) groups is 1. The second-order valence-corrected chi connectivity index (χ2v) is 8.03. The number of para-hydroxylation sites is 1. The molecule has 3 aromatic carbocycles. The van der Waals surface area contributed by atoms with Crippen LogP contribution >= 0.6 is 23.4 Å². The van der Waals surface area contributed by atoms with Gasteiger partial charge in [0, 0.05) is 38.7 Å². The summed E-state index contributed by atoms with van der Waals surface area (Å²) in [5.74, 6) is 0.142. The van der Waals surface area contributed by atoms with Gasteiger partial charge in [0.05, 0.1) is 5.69 Å². The van der Waals surface area contributed by atoms with Gasteiger partial charge in [0.25, 0.3) is 5.91 Å². The Kier molecular flexibility index (Phi) is 5.88. The average molecular weight is 425 g/mol. The van der Waals surface area contributed by atoms with Crippen molar-refractivity contribution < 1.29 is 9.18 Å². The molecule has 1 heterocycles. The number of nitrogens with one attached hydrogen (secondary N) is 2. The zero-order valence-corrected chi connectivity index (χ0v) is 17.0. The van der Waals surface area contributed by atoms with Crippen molar-refractivity contribution in [1.82, 2.24) is 10.3 Å². The molecule has 2 N–H and O–H groups in total. The Hall–Kier alpha value is -2.76. The van der Waals surface area contributed by atoms with E-state index in [2.05, 4.69) is 22.4 Å². The van der Waals surface area contributed by atoms with Crippen LogP contribution in [-0.4, -0.2) is 23.2 Å². The molecule has 0 atom stereocenters. The minimum Gasteiger partial charge on any atom is -0.354 e. The highest BCUT2D eigenvalue weighted by molar-refractivity contribution is 7.99. The number of aromatic amines is 1. The van der Waals surface area contributed by atoms with Gasteiger partial charge < -0.3 is 10.3 Å². The van der Waals surface area contributed by atoms with Gasteiger partial charge >= 0.3 is 0 Å². The smallest absolute Gasteiger partial charge is 0.251 e. The Bertz CT molecular complexity index is 1140. The molecular weight excluding hydrogens is 407 g/mol. The minimum absolute atomic E-state index is 0.206. The highest BCUT2D eigenvalue weighted by Gasteiger charge is 2.14. The number of carbonyl (C=O) groups excluding carboxylic acids is 1. The molecule has 4 rings (SSSR count). The highest BCUT2D eigenvalue weighted by atomic mass is 35.5. The van der Waals surface area contributed by atoms with Crippen molar-refractivity contribution in [1.29, 1.82) is 0 Å². The van der Waals surface area contributed by atoms with E-state index in [1.165, 1.54) is 24.3 Å². The van der Waals surface area contributed by atoms with Crippen molar-refractivity contribution in [2.75, 3.05) is 12.3 Å². The van der Waals surface area contributed by atoms with Crippen molar-refractivity contribution in [3.63, 3.8) is 0 Å². The Morgan fingerprint density at radius 1 is 1.00 bits per heavy atom. The van der Waals surface area contributed by atoms with Gasteiger partial charge in [-0.1, -0.05) is 41.9 Å². The van der Waals surface area contributed by atoms with Crippen molar-refractivity contribution in [2.45, 2.75) is 4.90 Å². The molecule has 0 saturated heterocycles. The number of H-pyrrole nitrogens is 1. The molecule has 0 spiro atoms. The van der Waals surface area contributed by atoms with Crippen LogP contribution in [0.3, 0.4) is 0 Å². The molecule has 3 nitrogen and oxygen atoms in total. The van der Waals surface area contributed by atoms with Crippen LogP contribution in [-0.2, 0) is 0 Å². The van der Waals surface area contributed by atoms with Crippen LogP contribution in [0.1, 0.15) is 10.4 Å². The van der Waals surface area contributed by atoms with E-state index in [-0.39, 0.29) is 11.7 Å². The van der Waals surface area contributed by atoms with Gasteiger partial charge in [-0.15, -0.1) is 11.8 Å². The van der Waals surface area contributed by atoms with Gasteiger partial charge in [-0.2, -0.15) is 0 Å². The molecule has 0 aliphatic heterocycles. The zero-order chi connectivity index (χ0) is 20.2. The summed E-state index contributed by atoms with van der Waals surface area (Å²) < 4.78 is 13.0. The summed E-state index contributed by atoms with van der Waals surface area (Å²) in [4.78, 5) is 16.8. The number of rotatable bonds is 6. The molecule has 0 aliphatic rings. The molecule has 0 radical (unpaired) electrons. The standard InChI is InChI=1S/C23H18ClFN2OS/c24-17-9-5-15(6-10-17)21-22(19-3-1-2-4-20(19)27-21)29-14-13-26-23(28)16-7-11-18(25)12-8-16/h1-12,27H,13-14H2,(H,26,28). The van der Waals surface area contributed by atoms with Crippen LogP contribution in [0.15, 0.2) is 77.7 Å². The van der Waals surface area contributed by atoms with Gasteiger partial charge in [0.1, 0.15) is 5.82 Å². The molecule has 0 aliphatic carbocycles. The summed E-state index contributed by atoms with van der Waals surface area (Å²) in [5.41, 5.74) is 3.61. The van der Waals surface area contributed by atoms with Gasteiger partial charge in [-0.3, -0.25) is 4.79 Å². The number of aromatic nitrogens is 1. The number of amides is 1. The van der Waals surface area contributed by atoms with E-state index >= 15 is 0 Å². The van der Waals surface area contributed by atoms with Crippen LogP contribution in [0.5, 0.6) is 0 Å². The third kappa shape index (κ3) is 4.47. The Morgan fingerprint density at radius 2 is 1.72 bits per heavy atom. The van der Waals surface area contributed by atoms with E-state index in [9.17, 15) is 9.18 Å². The predicted octanol–water partition coefficient (Wildman–Crippen LogP) is 6.15. The second-order valence-electron chi connectivity index (χ2n) is 6.49. The van der Waals surface area contributed by atoms with Crippen molar-refractivity contribution >= 4 is 40.2 Å². The van der Waals surface area contributed by atoms with Crippen LogP contribution < -0.4 is 5.32 Å². The van der Waals surface area contributed by atoms with Crippen LogP contribution in [0, 0.1) is 5.82 Å². The fourth-order valence-electron chi connectivity index (χ4n) is 3.11. The monoisotopic (exact) mass is 424 g/mol. The maximum atomic E-state index is 13.0. The molecule has 6 heteroatoms. The summed E-state index contributed by atoms with van der Waals surface area (Å²) in [6, 6.07) is 21.4. The Morgan fingerprint density at radius 3 is 2.48 bits per heavy atom. The third-order valence-corrected chi connectivity index (χ3v) is 5.90. The Balaban J connectivity index is 1.48. The summed E-state index contributed by atoms with van der Waals surface area (Å²) in [5, 5.41) is 4.73. The summed E-state index contributed by atoms with van der Waals surface area (Å²) in [6.07, 6.45) is 0. The number of benzene rings is 3. The summed E-state index contributed by atoms with van der Waals surface area (Å²) in [7, 11) is 0. The van der Waals surface area contributed by atoms with Gasteiger partial charge in [0.15, 0.2) is 0 Å². The number of hydrogen-bond acceptors (Lipinski definition) is 2. The molecule has 146 valence electrons. The maximum absolute atomic E-state index is 13.0. The first kappa shape index (κ1) is 19.6. The largest absolute Gasteiger partial charge is 0.354 e. The molecule has 0 bridgehead atoms. The van der Waals surface area contributed by atoms with E-state index in [0.717, 1.165) is 27.1 Å². The lowest BCUT2D eigenvalue weighted by Crippen LogP contribution is -2.25. The minimum atomic E-state index is -0.355. The van der Waals surface area contributed by atoms with Gasteiger partial charge in [0.2, 0.25) is 0 Å². The number of carbonyl (C=O) groups is 1. The number of hydrogen-bond donors (Lipinski definition) is 2. The van der Waals surface area contributed by atoms with E-state index in [4.69, 9.17) is 11.6 Å². The van der Waals surface area contributed by atoms with E-state index in [1.54, 1.807) is 11.8 Å². The van der Waals surface area contributed by atoms with Crippen molar-refractivity contribution in [3.05, 3.63) is 89.2 Å². The SMILES string of the molecule is O=C(NCCSc1c(-c2ccc(Cl)cc2)[nH]c2ccccc12)c1ccc(F)cc1. The van der Waals surface area contributed by atoms with E-state index < -0.39 is 0 Å². The summed E-state index contributed by atoms with van der Waals surface area (Å²) >= 11 is 7.72. The average Bonchev–Trinajstić information content (AvgIpc) is 3.10. The maximum Gasteiger partial charge on any atom is 0.251 e. The fraction of sp³-hybridized carbons (Fsp3) is 0.0870. The lowest BCUT2D eigenvalue weighted by molar-refractivity contribution is 0.0956. The van der Waals surface area contributed by atoms with E-state index in [1.807, 2.05) is 36.4 Å². The van der Waals surface area contributed by atoms with E-state index in [0.29, 0.717) is 22.9 Å². The third-order valence-electron chi connectivity index (χ3n) is 4.53. The van der Waals surface area contributed by atoms with Crippen molar-refractivity contribution in [2.24, 2.45) is 0 Å². The van der Waals surface area contributed by atoms with Crippen molar-refractivity contribution in [3.8, 4) is 11.3 Å². The van der Waals surface area contributed by atoms with Gasteiger partial charge in [-0.05, 0) is 48.0 Å². The normalized spacial score (nSPS) is 11.0. The van der Waals surface area contributed by atoms with Gasteiger partial charge in [-0.25, -0.2) is 4.39 Å². The van der Waals surface area contributed by atoms with Crippen LogP contribution in [0.25, 0.3) is 22.2 Å². The number of fused-ring (bicyclic) bond motifs is 1. The molecule has 4 aromatic rings. The quantitative estimate of drug-likeness (QED) is 0.288. The topological polar surface area (TPSA) is 44.9 Å². The highest BCUT2D eigenvalue weighted by Crippen LogP contribution is 2.37. The zero-order valence-electron chi connectivity index (χ0n) is 15.4. The summed E-state index contributed by atoms with van der Waals surface area (Å²) in [6.45, 7) is 0.500. The Labute approximate surface area is 177 Å². The molecular formula is C23H18ClFN2OS. The lowest BCUT2D eigenvalue weighted by atomic mass is 10.1. The predicted molar refractivity (Wildman–Crippen MR) is 118 cm³/mol. The fourth-order valence-corrected chi connectivity index (χ4v) is 4.29. The molecule has 0 unspecified atom stereocenters. The van der Waals surface area contributed by atoms with Crippen LogP contribution in [0.2, 0.25) is 5.02 Å². The first-order valence-electron chi connectivity index (χ1n) is 9.15. The van der Waals surface area contributed by atoms with Crippen LogP contribution in [0.4, 0.5) is 4.39 Å².